The first-order valence-corrected chi connectivity index (χ1v) is 9.01. The molecule has 0 bridgehead atoms. The molecule has 8 heteroatoms. The normalized spacial score (nSPS) is 14.1. The van der Waals surface area contributed by atoms with Gasteiger partial charge in [0.25, 0.3) is 5.91 Å². The van der Waals surface area contributed by atoms with Crippen molar-refractivity contribution in [2.75, 3.05) is 44.7 Å². The van der Waals surface area contributed by atoms with Crippen LogP contribution in [-0.4, -0.2) is 76.8 Å². The molecule has 2 aromatic heterocycles. The molecule has 0 spiro atoms. The fraction of sp³-hybridized carbons (Fsp3) is 0.421. The molecule has 27 heavy (non-hydrogen) atoms. The monoisotopic (exact) mass is 368 g/mol. The zero-order chi connectivity index (χ0) is 19.2. The van der Waals surface area contributed by atoms with E-state index in [-0.39, 0.29) is 5.91 Å². The van der Waals surface area contributed by atoms with Gasteiger partial charge in [0.1, 0.15) is 5.69 Å². The topological polar surface area (TPSA) is 82.5 Å². The van der Waals surface area contributed by atoms with Gasteiger partial charge in [-0.05, 0) is 37.1 Å². The number of hydrogen-bond acceptors (Lipinski definition) is 6. The van der Waals surface area contributed by atoms with Crippen molar-refractivity contribution < 1.29 is 9.59 Å². The highest BCUT2D eigenvalue weighted by Crippen LogP contribution is 2.13. The molecule has 142 valence electrons. The van der Waals surface area contributed by atoms with Gasteiger partial charge in [-0.15, -0.1) is 0 Å². The zero-order valence-electron chi connectivity index (χ0n) is 15.7. The molecular weight excluding hydrogens is 344 g/mol. The van der Waals surface area contributed by atoms with Crippen LogP contribution in [0.25, 0.3) is 0 Å². The smallest absolute Gasteiger partial charge is 0.272 e. The number of pyridine rings is 1. The minimum absolute atomic E-state index is 0.116. The van der Waals surface area contributed by atoms with Crippen LogP contribution < -0.4 is 4.90 Å². The molecule has 0 saturated carbocycles. The maximum atomic E-state index is 12.8. The molecule has 3 rings (SSSR count). The van der Waals surface area contributed by atoms with Gasteiger partial charge >= 0.3 is 0 Å². The molecule has 8 nitrogen and oxygen atoms in total. The number of likely N-dealkylation sites (N-methyl/N-ethyl adjacent to an activating group) is 1. The second-order valence-corrected chi connectivity index (χ2v) is 6.66. The van der Waals surface area contributed by atoms with E-state index < -0.39 is 0 Å². The average molecular weight is 368 g/mol. The lowest BCUT2D eigenvalue weighted by Crippen LogP contribution is -2.48. The summed E-state index contributed by atoms with van der Waals surface area (Å²) in [6.45, 7) is 4.75. The van der Waals surface area contributed by atoms with Gasteiger partial charge in [0, 0.05) is 57.9 Å². The lowest BCUT2D eigenvalue weighted by atomic mass is 10.2. The maximum Gasteiger partial charge on any atom is 0.272 e. The van der Waals surface area contributed by atoms with Crippen molar-refractivity contribution in [3.63, 3.8) is 0 Å². The van der Waals surface area contributed by atoms with Crippen molar-refractivity contribution in [2.24, 2.45) is 0 Å². The molecule has 1 saturated heterocycles. The Morgan fingerprint density at radius 3 is 2.56 bits per heavy atom. The molecule has 0 atom stereocenters. The van der Waals surface area contributed by atoms with E-state index in [2.05, 4.69) is 15.0 Å². The van der Waals surface area contributed by atoms with E-state index in [9.17, 15) is 9.59 Å². The fourth-order valence-corrected chi connectivity index (χ4v) is 2.97. The van der Waals surface area contributed by atoms with Crippen molar-refractivity contribution in [1.29, 1.82) is 0 Å². The van der Waals surface area contributed by atoms with Gasteiger partial charge in [-0.3, -0.25) is 14.6 Å². The third-order valence-electron chi connectivity index (χ3n) is 4.64. The molecule has 0 aromatic carbocycles. The minimum atomic E-state index is -0.116. The predicted molar refractivity (Wildman–Crippen MR) is 102 cm³/mol. The van der Waals surface area contributed by atoms with Crippen LogP contribution in [0.3, 0.4) is 0 Å². The van der Waals surface area contributed by atoms with E-state index in [0.29, 0.717) is 37.8 Å². The maximum absolute atomic E-state index is 12.8. The lowest BCUT2D eigenvalue weighted by Gasteiger charge is -2.32. The SMILES string of the molecule is Cc1cc(C(=O)N2CCN(C=O)CC2)nc(N(C)CCc2ccncc2)n1. The molecule has 0 radical (unpaired) electrons. The number of carbonyl (C=O) groups excluding carboxylic acids is 2. The molecule has 2 aromatic rings. The second-order valence-electron chi connectivity index (χ2n) is 6.66. The Balaban J connectivity index is 1.68. The summed E-state index contributed by atoms with van der Waals surface area (Å²) in [5.74, 6) is 0.425. The second kappa shape index (κ2) is 8.57. The number of hydrogen-bond donors (Lipinski definition) is 0. The summed E-state index contributed by atoms with van der Waals surface area (Å²) in [5.41, 5.74) is 2.34. The summed E-state index contributed by atoms with van der Waals surface area (Å²) in [6.07, 6.45) is 5.22. The Morgan fingerprint density at radius 2 is 1.89 bits per heavy atom. The number of nitrogens with zero attached hydrogens (tertiary/aromatic N) is 6. The van der Waals surface area contributed by atoms with Crippen molar-refractivity contribution in [3.8, 4) is 0 Å². The van der Waals surface area contributed by atoms with E-state index in [0.717, 1.165) is 25.1 Å². The number of aromatic nitrogens is 3. The van der Waals surface area contributed by atoms with E-state index in [1.807, 2.05) is 31.0 Å². The fourth-order valence-electron chi connectivity index (χ4n) is 2.97. The third-order valence-corrected chi connectivity index (χ3v) is 4.64. The summed E-state index contributed by atoms with van der Waals surface area (Å²) >= 11 is 0. The molecule has 0 N–H and O–H groups in total. The van der Waals surface area contributed by atoms with Crippen LogP contribution in [0.15, 0.2) is 30.6 Å². The molecule has 0 unspecified atom stereocenters. The predicted octanol–water partition coefficient (Wildman–Crippen LogP) is 0.773. The van der Waals surface area contributed by atoms with E-state index in [1.54, 1.807) is 28.3 Å². The van der Waals surface area contributed by atoms with Crippen LogP contribution in [0.5, 0.6) is 0 Å². The van der Waals surface area contributed by atoms with E-state index >= 15 is 0 Å². The highest BCUT2D eigenvalue weighted by Gasteiger charge is 2.23. The Kier molecular flexibility index (Phi) is 5.95. The van der Waals surface area contributed by atoms with Crippen molar-refractivity contribution in [1.82, 2.24) is 24.8 Å². The van der Waals surface area contributed by atoms with Gasteiger partial charge in [0.2, 0.25) is 12.4 Å². The summed E-state index contributed by atoms with van der Waals surface area (Å²) in [6, 6.07) is 5.69. The molecule has 2 amide bonds. The van der Waals surface area contributed by atoms with Gasteiger partial charge in [-0.2, -0.15) is 0 Å². The van der Waals surface area contributed by atoms with E-state index in [1.165, 1.54) is 5.56 Å². The standard InChI is InChI=1S/C19H24N6O2/c1-15-13-17(18(27)25-11-9-24(14-26)10-12-25)22-19(21-15)23(2)8-5-16-3-6-20-7-4-16/h3-4,6-7,13-14H,5,8-12H2,1-2H3. The number of amides is 2. The Hall–Kier alpha value is -3.03. The number of anilines is 1. The Morgan fingerprint density at radius 1 is 1.19 bits per heavy atom. The largest absolute Gasteiger partial charge is 0.344 e. The minimum Gasteiger partial charge on any atom is -0.344 e. The van der Waals surface area contributed by atoms with Crippen LogP contribution in [0.4, 0.5) is 5.95 Å². The van der Waals surface area contributed by atoms with Crippen molar-refractivity contribution in [2.45, 2.75) is 13.3 Å². The van der Waals surface area contributed by atoms with Gasteiger partial charge < -0.3 is 14.7 Å². The van der Waals surface area contributed by atoms with E-state index in [4.69, 9.17) is 0 Å². The quantitative estimate of drug-likeness (QED) is 0.701. The van der Waals surface area contributed by atoms with Gasteiger partial charge in [-0.25, -0.2) is 9.97 Å². The van der Waals surface area contributed by atoms with Crippen LogP contribution in [0, 0.1) is 6.92 Å². The summed E-state index contributed by atoms with van der Waals surface area (Å²) in [4.78, 5) is 42.0. The van der Waals surface area contributed by atoms with Crippen molar-refractivity contribution in [3.05, 3.63) is 47.5 Å². The zero-order valence-corrected chi connectivity index (χ0v) is 15.7. The molecule has 1 aliphatic rings. The van der Waals surface area contributed by atoms with Gasteiger partial charge in [-0.1, -0.05) is 0 Å². The third kappa shape index (κ3) is 4.78. The lowest BCUT2D eigenvalue weighted by molar-refractivity contribution is -0.119. The van der Waals surface area contributed by atoms with Crippen LogP contribution in [0.1, 0.15) is 21.7 Å². The summed E-state index contributed by atoms with van der Waals surface area (Å²) in [5, 5.41) is 0. The molecular formula is C19H24N6O2. The molecule has 1 fully saturated rings. The van der Waals surface area contributed by atoms with Crippen LogP contribution in [-0.2, 0) is 11.2 Å². The first-order valence-electron chi connectivity index (χ1n) is 9.01. The van der Waals surface area contributed by atoms with Gasteiger partial charge in [0.15, 0.2) is 0 Å². The Labute approximate surface area is 158 Å². The Bertz CT molecular complexity index is 790. The van der Waals surface area contributed by atoms with Crippen molar-refractivity contribution >= 4 is 18.3 Å². The van der Waals surface area contributed by atoms with Crippen LogP contribution in [0.2, 0.25) is 0 Å². The summed E-state index contributed by atoms with van der Waals surface area (Å²) in [7, 11) is 1.92. The molecule has 0 aliphatic carbocycles. The number of aryl methyl sites for hydroxylation is 1. The summed E-state index contributed by atoms with van der Waals surface area (Å²) < 4.78 is 0. The van der Waals surface area contributed by atoms with Crippen LogP contribution >= 0.6 is 0 Å². The molecule has 1 aliphatic heterocycles. The number of piperazine rings is 1. The number of rotatable bonds is 6. The first-order chi connectivity index (χ1) is 13.1. The number of carbonyl (C=O) groups is 2. The average Bonchev–Trinajstić information content (AvgIpc) is 2.71. The highest BCUT2D eigenvalue weighted by atomic mass is 16.2. The molecule has 3 heterocycles. The highest BCUT2D eigenvalue weighted by molar-refractivity contribution is 5.92. The van der Waals surface area contributed by atoms with Gasteiger partial charge in [0.05, 0.1) is 0 Å². The first kappa shape index (κ1) is 18.8.